The average molecular weight is 509 g/mol. The molecule has 4 heterocycles. The number of aromatic nitrogens is 4. The van der Waals surface area contributed by atoms with Crippen LogP contribution in [-0.2, 0) is 27.9 Å². The molecule has 2 saturated heterocycles. The number of halogens is 3. The molecule has 0 radical (unpaired) electrons. The average Bonchev–Trinajstić information content (AvgIpc) is 3.23. The highest BCUT2D eigenvalue weighted by molar-refractivity contribution is 5.89. The van der Waals surface area contributed by atoms with Gasteiger partial charge in [-0.1, -0.05) is 5.92 Å². The van der Waals surface area contributed by atoms with E-state index in [1.807, 2.05) is 0 Å². The number of rotatable bonds is 4. The van der Waals surface area contributed by atoms with E-state index in [1.54, 1.807) is 16.4 Å². The van der Waals surface area contributed by atoms with Crippen molar-refractivity contribution < 1.29 is 27.5 Å². The van der Waals surface area contributed by atoms with Crippen molar-refractivity contribution in [3.63, 3.8) is 0 Å². The SMILES string of the molecule is CC#CCn1c(N2CCNCC2)nc2nc(N3CCC[C@H](C(=O)OC(=O)C(F)(F)F)C3)n(C)c(=O)c21. The maximum absolute atomic E-state index is 13.4. The second-order valence-electron chi connectivity index (χ2n) is 8.60. The Balaban J connectivity index is 1.67. The van der Waals surface area contributed by atoms with E-state index in [0.29, 0.717) is 37.5 Å². The lowest BCUT2D eigenvalue weighted by molar-refractivity contribution is -0.203. The summed E-state index contributed by atoms with van der Waals surface area (Å²) in [6.45, 7) is 5.25. The Morgan fingerprint density at radius 3 is 2.50 bits per heavy atom. The molecular weight excluding hydrogens is 483 g/mol. The number of nitrogens with one attached hydrogen (secondary N) is 1. The zero-order valence-corrected chi connectivity index (χ0v) is 19.9. The second-order valence-corrected chi connectivity index (χ2v) is 8.60. The lowest BCUT2D eigenvalue weighted by Crippen LogP contribution is -2.44. The number of imidazole rings is 1. The number of carbonyl (C=O) groups excluding carboxylic acids is 2. The summed E-state index contributed by atoms with van der Waals surface area (Å²) in [5.74, 6) is 1.84. The molecule has 1 N–H and O–H groups in total. The molecule has 36 heavy (non-hydrogen) atoms. The first-order valence-electron chi connectivity index (χ1n) is 11.5. The molecule has 0 aromatic carbocycles. The van der Waals surface area contributed by atoms with Gasteiger partial charge in [-0.15, -0.1) is 5.92 Å². The third-order valence-electron chi connectivity index (χ3n) is 6.22. The van der Waals surface area contributed by atoms with Crippen LogP contribution in [0.1, 0.15) is 19.8 Å². The van der Waals surface area contributed by atoms with Crippen molar-refractivity contribution in [1.82, 2.24) is 24.4 Å². The Bertz CT molecular complexity index is 1280. The Labute approximate surface area is 204 Å². The van der Waals surface area contributed by atoms with E-state index in [2.05, 4.69) is 36.8 Å². The molecule has 0 saturated carbocycles. The van der Waals surface area contributed by atoms with Crippen molar-refractivity contribution in [2.45, 2.75) is 32.5 Å². The number of esters is 2. The molecule has 2 fully saturated rings. The van der Waals surface area contributed by atoms with Gasteiger partial charge in [-0.3, -0.25) is 18.7 Å². The lowest BCUT2D eigenvalue weighted by Gasteiger charge is -2.32. The Kier molecular flexibility index (Phi) is 7.21. The zero-order valence-electron chi connectivity index (χ0n) is 19.9. The minimum Gasteiger partial charge on any atom is -0.386 e. The molecule has 4 rings (SSSR count). The van der Waals surface area contributed by atoms with E-state index >= 15 is 0 Å². The standard InChI is InChI=1S/C22H26F3N7O4/c1-3-4-10-32-15-16(28-21(32)30-11-7-26-8-12-30)27-20(29(2)17(15)33)31-9-5-6-14(13-31)18(34)36-19(35)22(23,24)25/h14,26H,5-13H2,1-2H3/t14-/m0/s1. The molecule has 2 aromatic rings. The van der Waals surface area contributed by atoms with Gasteiger partial charge in [0.25, 0.3) is 5.56 Å². The molecule has 1 atom stereocenters. The number of nitrogens with zero attached hydrogens (tertiary/aromatic N) is 6. The van der Waals surface area contributed by atoms with Gasteiger partial charge >= 0.3 is 18.1 Å². The Morgan fingerprint density at radius 1 is 1.14 bits per heavy atom. The predicted octanol–water partition coefficient (Wildman–Crippen LogP) is 0.411. The third-order valence-corrected chi connectivity index (χ3v) is 6.22. The van der Waals surface area contributed by atoms with Gasteiger partial charge in [0.1, 0.15) is 0 Å². The highest BCUT2D eigenvalue weighted by Crippen LogP contribution is 2.26. The van der Waals surface area contributed by atoms with Gasteiger partial charge < -0.3 is 19.9 Å². The molecule has 0 aliphatic carbocycles. The molecule has 194 valence electrons. The molecule has 0 unspecified atom stereocenters. The fraction of sp³-hybridized carbons (Fsp3) is 0.591. The molecule has 0 spiro atoms. The van der Waals surface area contributed by atoms with Crippen molar-refractivity contribution in [3.05, 3.63) is 10.4 Å². The number of hydrogen-bond acceptors (Lipinski definition) is 9. The van der Waals surface area contributed by atoms with Crippen LogP contribution in [-0.4, -0.2) is 76.5 Å². The van der Waals surface area contributed by atoms with Crippen LogP contribution in [0.5, 0.6) is 0 Å². The first-order chi connectivity index (χ1) is 17.1. The molecule has 14 heteroatoms. The first-order valence-corrected chi connectivity index (χ1v) is 11.5. The van der Waals surface area contributed by atoms with Crippen LogP contribution in [0.15, 0.2) is 4.79 Å². The van der Waals surface area contributed by atoms with E-state index in [1.165, 1.54) is 11.6 Å². The monoisotopic (exact) mass is 509 g/mol. The first kappa shape index (κ1) is 25.5. The van der Waals surface area contributed by atoms with Crippen LogP contribution in [0.3, 0.4) is 0 Å². The quantitative estimate of drug-likeness (QED) is 0.356. The van der Waals surface area contributed by atoms with Gasteiger partial charge in [-0.2, -0.15) is 23.1 Å². The molecule has 2 aliphatic heterocycles. The largest absolute Gasteiger partial charge is 0.491 e. The number of piperidine rings is 1. The van der Waals surface area contributed by atoms with Crippen molar-refractivity contribution in [1.29, 1.82) is 0 Å². The topological polar surface area (TPSA) is 115 Å². The van der Waals surface area contributed by atoms with Crippen LogP contribution in [0.25, 0.3) is 11.2 Å². The number of piperazine rings is 1. The van der Waals surface area contributed by atoms with E-state index in [9.17, 15) is 27.6 Å². The maximum Gasteiger partial charge on any atom is 0.491 e. The minimum atomic E-state index is -5.26. The number of carbonyl (C=O) groups is 2. The van der Waals surface area contributed by atoms with E-state index in [-0.39, 0.29) is 36.7 Å². The summed E-state index contributed by atoms with van der Waals surface area (Å²) in [7, 11) is 1.53. The summed E-state index contributed by atoms with van der Waals surface area (Å²) < 4.78 is 44.6. The summed E-state index contributed by atoms with van der Waals surface area (Å²) in [5, 5.41) is 3.27. The molecule has 2 aromatic heterocycles. The molecule has 11 nitrogen and oxygen atoms in total. The zero-order chi connectivity index (χ0) is 26.0. The maximum atomic E-state index is 13.4. The highest BCUT2D eigenvalue weighted by Gasteiger charge is 2.44. The van der Waals surface area contributed by atoms with Gasteiger partial charge in [0.05, 0.1) is 12.5 Å². The van der Waals surface area contributed by atoms with E-state index in [4.69, 9.17) is 0 Å². The fourth-order valence-corrected chi connectivity index (χ4v) is 4.42. The van der Waals surface area contributed by atoms with Crippen molar-refractivity contribution in [2.75, 3.05) is 49.1 Å². The molecule has 2 aliphatic rings. The summed E-state index contributed by atoms with van der Waals surface area (Å²) in [6, 6.07) is 0. The minimum absolute atomic E-state index is 0.0531. The highest BCUT2D eigenvalue weighted by atomic mass is 19.4. The molecular formula is C22H26F3N7O4. The summed E-state index contributed by atoms with van der Waals surface area (Å²) >= 11 is 0. The van der Waals surface area contributed by atoms with Gasteiger partial charge in [0.2, 0.25) is 11.9 Å². The lowest BCUT2D eigenvalue weighted by atomic mass is 9.98. The fourth-order valence-electron chi connectivity index (χ4n) is 4.42. The van der Waals surface area contributed by atoms with Crippen LogP contribution >= 0.6 is 0 Å². The van der Waals surface area contributed by atoms with E-state index < -0.39 is 24.0 Å². The van der Waals surface area contributed by atoms with E-state index in [0.717, 1.165) is 13.1 Å². The number of alkyl halides is 3. The Morgan fingerprint density at radius 2 is 1.83 bits per heavy atom. The van der Waals surface area contributed by atoms with Gasteiger partial charge in [-0.25, -0.2) is 4.79 Å². The predicted molar refractivity (Wildman–Crippen MR) is 123 cm³/mol. The van der Waals surface area contributed by atoms with Gasteiger partial charge in [-0.05, 0) is 19.8 Å². The number of fused-ring (bicyclic) bond motifs is 1. The van der Waals surface area contributed by atoms with Crippen molar-refractivity contribution in [2.24, 2.45) is 13.0 Å². The smallest absolute Gasteiger partial charge is 0.386 e. The summed E-state index contributed by atoms with van der Waals surface area (Å²) in [6.07, 6.45) is -4.59. The van der Waals surface area contributed by atoms with Crippen LogP contribution in [0.4, 0.5) is 25.1 Å². The van der Waals surface area contributed by atoms with Crippen LogP contribution < -0.4 is 20.7 Å². The normalized spacial score (nSPS) is 18.6. The molecule has 0 amide bonds. The van der Waals surface area contributed by atoms with Crippen LogP contribution in [0.2, 0.25) is 0 Å². The van der Waals surface area contributed by atoms with Gasteiger partial charge in [0.15, 0.2) is 11.2 Å². The number of hydrogen-bond donors (Lipinski definition) is 1. The second kappa shape index (κ2) is 10.2. The van der Waals surface area contributed by atoms with Gasteiger partial charge in [0, 0.05) is 46.3 Å². The van der Waals surface area contributed by atoms with Crippen molar-refractivity contribution in [3.8, 4) is 11.8 Å². The van der Waals surface area contributed by atoms with Crippen molar-refractivity contribution >= 4 is 35.0 Å². The third kappa shape index (κ3) is 5.01. The number of anilines is 2. The van der Waals surface area contributed by atoms with Crippen LogP contribution in [0, 0.1) is 17.8 Å². The summed E-state index contributed by atoms with van der Waals surface area (Å²) in [4.78, 5) is 49.7. The molecule has 0 bridgehead atoms. The summed E-state index contributed by atoms with van der Waals surface area (Å²) in [5.41, 5.74) is 0.150. The number of ether oxygens (including phenoxy) is 1. The Hall–Kier alpha value is -3.60.